The van der Waals surface area contributed by atoms with Crippen molar-refractivity contribution < 1.29 is 32.2 Å². The number of benzene rings is 3. The fraction of sp³-hybridized carbons (Fsp3) is 0.387. The molecule has 220 valence electrons. The van der Waals surface area contributed by atoms with Gasteiger partial charge >= 0.3 is 0 Å². The summed E-state index contributed by atoms with van der Waals surface area (Å²) < 4.78 is 51.1. The van der Waals surface area contributed by atoms with Crippen LogP contribution in [0.4, 0.5) is 0 Å². The number of methoxy groups -OCH3 is 3. The van der Waals surface area contributed by atoms with E-state index >= 15 is 0 Å². The average molecular weight is 583 g/mol. The van der Waals surface area contributed by atoms with Gasteiger partial charge in [0.25, 0.3) is 5.91 Å². The summed E-state index contributed by atoms with van der Waals surface area (Å²) in [6.07, 6.45) is 0.872. The number of sulfonamides is 1. The smallest absolute Gasteiger partial charge is 0.256 e. The largest absolute Gasteiger partial charge is 0.496 e. The molecule has 4 rings (SSSR count). The van der Waals surface area contributed by atoms with Crippen molar-refractivity contribution in [1.29, 1.82) is 0 Å². The standard InChI is InChI=1S/C31H38N2O7S/c1-20(2)22-9-12-26(37-4)25(19-22)21-7-10-23(11-8-21)40-24-15-17-33(18-16-24)41(35,36)28-14-13-27(38-5)30(39-6)29(28)31(34)32-3/h7-14,19-20,24H,15-18H2,1-6H3,(H,32,34). The van der Waals surface area contributed by atoms with E-state index in [0.29, 0.717) is 18.8 Å². The van der Waals surface area contributed by atoms with Gasteiger partial charge in [-0.15, -0.1) is 0 Å². The van der Waals surface area contributed by atoms with Gasteiger partial charge in [0.2, 0.25) is 10.0 Å². The van der Waals surface area contributed by atoms with Crippen molar-refractivity contribution >= 4 is 15.9 Å². The van der Waals surface area contributed by atoms with Gasteiger partial charge in [-0.05, 0) is 66.3 Å². The predicted molar refractivity (Wildman–Crippen MR) is 158 cm³/mol. The van der Waals surface area contributed by atoms with E-state index in [-0.39, 0.29) is 41.2 Å². The first kappa shape index (κ1) is 30.2. The first-order chi connectivity index (χ1) is 19.6. The second kappa shape index (κ2) is 12.8. The normalized spacial score (nSPS) is 14.5. The molecule has 0 radical (unpaired) electrons. The Morgan fingerprint density at radius 1 is 0.902 bits per heavy atom. The van der Waals surface area contributed by atoms with Gasteiger partial charge in [-0.3, -0.25) is 4.79 Å². The molecule has 1 aliphatic rings. The van der Waals surface area contributed by atoms with E-state index in [9.17, 15) is 13.2 Å². The lowest BCUT2D eigenvalue weighted by molar-refractivity contribution is 0.0955. The number of carbonyl (C=O) groups excluding carboxylic acids is 1. The summed E-state index contributed by atoms with van der Waals surface area (Å²) in [7, 11) is 1.92. The highest BCUT2D eigenvalue weighted by molar-refractivity contribution is 7.89. The van der Waals surface area contributed by atoms with Crippen LogP contribution in [0.25, 0.3) is 11.1 Å². The molecular weight excluding hydrogens is 544 g/mol. The lowest BCUT2D eigenvalue weighted by Gasteiger charge is -2.32. The number of ether oxygens (including phenoxy) is 4. The van der Waals surface area contributed by atoms with Gasteiger partial charge in [-0.2, -0.15) is 4.31 Å². The molecule has 1 N–H and O–H groups in total. The molecule has 9 nitrogen and oxygen atoms in total. The number of hydrogen-bond donors (Lipinski definition) is 1. The van der Waals surface area contributed by atoms with E-state index in [2.05, 4.69) is 31.3 Å². The second-order valence-corrected chi connectivity index (χ2v) is 12.0. The molecule has 1 fully saturated rings. The van der Waals surface area contributed by atoms with E-state index < -0.39 is 15.9 Å². The zero-order valence-electron chi connectivity index (χ0n) is 24.4. The molecule has 0 aromatic heterocycles. The number of carbonyl (C=O) groups is 1. The molecule has 3 aromatic carbocycles. The molecule has 10 heteroatoms. The quantitative estimate of drug-likeness (QED) is 0.355. The number of hydrogen-bond acceptors (Lipinski definition) is 7. The highest BCUT2D eigenvalue weighted by Gasteiger charge is 2.35. The van der Waals surface area contributed by atoms with Crippen LogP contribution in [0.5, 0.6) is 23.0 Å². The molecule has 0 spiro atoms. The Morgan fingerprint density at radius 2 is 1.54 bits per heavy atom. The average Bonchev–Trinajstić information content (AvgIpc) is 3.00. The van der Waals surface area contributed by atoms with Gasteiger partial charge in [0.1, 0.15) is 23.2 Å². The van der Waals surface area contributed by atoms with E-state index in [1.165, 1.54) is 43.3 Å². The van der Waals surface area contributed by atoms with Crippen LogP contribution in [-0.2, 0) is 10.0 Å². The van der Waals surface area contributed by atoms with Crippen molar-refractivity contribution in [2.24, 2.45) is 0 Å². The Balaban J connectivity index is 1.47. The molecule has 0 saturated carbocycles. The fourth-order valence-electron chi connectivity index (χ4n) is 5.01. The predicted octanol–water partition coefficient (Wildman–Crippen LogP) is 5.09. The molecule has 1 aliphatic heterocycles. The van der Waals surface area contributed by atoms with Crippen molar-refractivity contribution in [2.75, 3.05) is 41.5 Å². The molecule has 0 atom stereocenters. The Bertz CT molecular complexity index is 1480. The molecule has 1 heterocycles. The summed E-state index contributed by atoms with van der Waals surface area (Å²) in [6.45, 7) is 4.83. The second-order valence-electron chi connectivity index (χ2n) is 10.1. The van der Waals surface area contributed by atoms with Crippen LogP contribution in [0, 0.1) is 0 Å². The Morgan fingerprint density at radius 3 is 2.10 bits per heavy atom. The molecule has 1 amide bonds. The summed E-state index contributed by atoms with van der Waals surface area (Å²) in [5, 5.41) is 2.50. The maximum Gasteiger partial charge on any atom is 0.256 e. The fourth-order valence-corrected chi connectivity index (χ4v) is 6.66. The minimum absolute atomic E-state index is 0.0724. The molecule has 0 aliphatic carbocycles. The minimum atomic E-state index is -3.98. The molecule has 41 heavy (non-hydrogen) atoms. The summed E-state index contributed by atoms with van der Waals surface area (Å²) in [5.41, 5.74) is 3.20. The summed E-state index contributed by atoms with van der Waals surface area (Å²) in [6, 6.07) is 17.0. The first-order valence-electron chi connectivity index (χ1n) is 13.6. The highest BCUT2D eigenvalue weighted by atomic mass is 32.2. The van der Waals surface area contributed by atoms with Crippen LogP contribution >= 0.6 is 0 Å². The Kier molecular flexibility index (Phi) is 9.45. The molecule has 1 saturated heterocycles. The van der Waals surface area contributed by atoms with E-state index in [4.69, 9.17) is 18.9 Å². The van der Waals surface area contributed by atoms with Gasteiger partial charge in [-0.25, -0.2) is 8.42 Å². The lowest BCUT2D eigenvalue weighted by atomic mass is 9.96. The topological polar surface area (TPSA) is 103 Å². The van der Waals surface area contributed by atoms with Gasteiger partial charge < -0.3 is 24.3 Å². The van der Waals surface area contributed by atoms with Crippen molar-refractivity contribution in [3.63, 3.8) is 0 Å². The third-order valence-electron chi connectivity index (χ3n) is 7.34. The maximum atomic E-state index is 13.7. The monoisotopic (exact) mass is 582 g/mol. The number of rotatable bonds is 10. The van der Waals surface area contributed by atoms with Crippen LogP contribution in [0.3, 0.4) is 0 Å². The van der Waals surface area contributed by atoms with Crippen LogP contribution < -0.4 is 24.3 Å². The van der Waals surface area contributed by atoms with Gasteiger partial charge in [-0.1, -0.05) is 32.0 Å². The Hall–Kier alpha value is -3.76. The minimum Gasteiger partial charge on any atom is -0.496 e. The van der Waals surface area contributed by atoms with Crippen LogP contribution in [0.15, 0.2) is 59.5 Å². The van der Waals surface area contributed by atoms with Crippen LogP contribution in [0.2, 0.25) is 0 Å². The lowest BCUT2D eigenvalue weighted by Crippen LogP contribution is -2.42. The number of amides is 1. The summed E-state index contributed by atoms with van der Waals surface area (Å²) >= 11 is 0. The number of nitrogens with zero attached hydrogens (tertiary/aromatic N) is 1. The van der Waals surface area contributed by atoms with Gasteiger partial charge in [0.15, 0.2) is 11.5 Å². The zero-order valence-corrected chi connectivity index (χ0v) is 25.2. The van der Waals surface area contributed by atoms with E-state index in [1.807, 2.05) is 30.3 Å². The zero-order chi connectivity index (χ0) is 29.7. The molecule has 0 unspecified atom stereocenters. The third-order valence-corrected chi connectivity index (χ3v) is 9.28. The van der Waals surface area contributed by atoms with Crippen LogP contribution in [0.1, 0.15) is 48.5 Å². The van der Waals surface area contributed by atoms with E-state index in [0.717, 1.165) is 22.6 Å². The SMILES string of the molecule is CNC(=O)c1c(S(=O)(=O)N2CCC(Oc3ccc(-c4cc(C(C)C)ccc4OC)cc3)CC2)ccc(OC)c1OC. The highest BCUT2D eigenvalue weighted by Crippen LogP contribution is 2.38. The van der Waals surface area contributed by atoms with Crippen molar-refractivity contribution in [2.45, 2.75) is 43.6 Å². The van der Waals surface area contributed by atoms with Gasteiger partial charge in [0, 0.05) is 25.7 Å². The molecule has 0 bridgehead atoms. The molecular formula is C31H38N2O7S. The van der Waals surface area contributed by atoms with Crippen molar-refractivity contribution in [1.82, 2.24) is 9.62 Å². The van der Waals surface area contributed by atoms with Crippen molar-refractivity contribution in [3.8, 4) is 34.1 Å². The van der Waals surface area contributed by atoms with Crippen molar-refractivity contribution in [3.05, 3.63) is 65.7 Å². The maximum absolute atomic E-state index is 13.7. The summed E-state index contributed by atoms with van der Waals surface area (Å²) in [5.74, 6) is 1.70. The number of nitrogens with one attached hydrogen (secondary N) is 1. The first-order valence-corrected chi connectivity index (χ1v) is 15.0. The summed E-state index contributed by atoms with van der Waals surface area (Å²) in [4.78, 5) is 12.6. The van der Waals surface area contributed by atoms with E-state index in [1.54, 1.807) is 7.11 Å². The van der Waals surface area contributed by atoms with Gasteiger partial charge in [0.05, 0.1) is 26.2 Å². The Labute approximate surface area is 242 Å². The number of piperidine rings is 1. The van der Waals surface area contributed by atoms with Crippen LogP contribution in [-0.4, -0.2) is 66.2 Å². The third kappa shape index (κ3) is 6.28. The molecule has 3 aromatic rings.